The Morgan fingerprint density at radius 1 is 1.73 bits per heavy atom. The van der Waals surface area contributed by atoms with E-state index in [-0.39, 0.29) is 11.5 Å². The second kappa shape index (κ2) is 2.57. The molecule has 1 aromatic rings. The number of nitrogens with two attached hydrogens (primary N) is 1. The smallest absolute Gasteiger partial charge is 0.334 e. The van der Waals surface area contributed by atoms with Crippen LogP contribution in [0.4, 0.5) is 11.7 Å². The summed E-state index contributed by atoms with van der Waals surface area (Å²) in [6.07, 6.45) is 0. The molecular formula is C5H10N4O2. The Labute approximate surface area is 62.9 Å². The third-order valence-electron chi connectivity index (χ3n) is 1.25. The van der Waals surface area contributed by atoms with Gasteiger partial charge in [-0.15, -0.1) is 4.73 Å². The molecule has 0 aromatic carbocycles. The van der Waals surface area contributed by atoms with Crippen molar-refractivity contribution in [2.75, 3.05) is 25.1 Å². The highest BCUT2D eigenvalue weighted by molar-refractivity contribution is 5.52. The van der Waals surface area contributed by atoms with Crippen LogP contribution in [0.25, 0.3) is 0 Å². The van der Waals surface area contributed by atoms with E-state index in [1.807, 2.05) is 0 Å². The SMILES string of the molecule is CN=c1oc(NC)c(N)n1O. The zero-order valence-electron chi connectivity index (χ0n) is 6.33. The van der Waals surface area contributed by atoms with E-state index in [0.717, 1.165) is 0 Å². The molecule has 0 saturated heterocycles. The molecule has 62 valence electrons. The second-order valence-corrected chi connectivity index (χ2v) is 1.88. The molecule has 0 radical (unpaired) electrons. The van der Waals surface area contributed by atoms with Crippen LogP contribution in [-0.2, 0) is 0 Å². The van der Waals surface area contributed by atoms with Crippen molar-refractivity contribution < 1.29 is 9.62 Å². The fourth-order valence-electron chi connectivity index (χ4n) is 0.705. The number of rotatable bonds is 1. The highest BCUT2D eigenvalue weighted by Crippen LogP contribution is 2.12. The van der Waals surface area contributed by atoms with Crippen molar-refractivity contribution in [1.29, 1.82) is 0 Å². The van der Waals surface area contributed by atoms with E-state index in [4.69, 9.17) is 15.4 Å². The zero-order valence-corrected chi connectivity index (χ0v) is 6.33. The number of oxazole rings is 1. The van der Waals surface area contributed by atoms with Crippen LogP contribution in [0.5, 0.6) is 0 Å². The summed E-state index contributed by atoms with van der Waals surface area (Å²) in [6.45, 7) is 0. The topological polar surface area (TPSA) is 88.7 Å². The Morgan fingerprint density at radius 2 is 2.36 bits per heavy atom. The minimum Gasteiger partial charge on any atom is -0.422 e. The van der Waals surface area contributed by atoms with Crippen LogP contribution in [0.15, 0.2) is 9.41 Å². The summed E-state index contributed by atoms with van der Waals surface area (Å²) in [7, 11) is 3.12. The van der Waals surface area contributed by atoms with Crippen LogP contribution in [0, 0.1) is 0 Å². The molecule has 0 amide bonds. The molecule has 1 heterocycles. The summed E-state index contributed by atoms with van der Waals surface area (Å²) in [4.78, 5) is 3.63. The van der Waals surface area contributed by atoms with E-state index >= 15 is 0 Å². The monoisotopic (exact) mass is 158 g/mol. The van der Waals surface area contributed by atoms with Gasteiger partial charge < -0.3 is 20.7 Å². The van der Waals surface area contributed by atoms with Crippen molar-refractivity contribution in [1.82, 2.24) is 4.73 Å². The first-order chi connectivity index (χ1) is 5.20. The van der Waals surface area contributed by atoms with Crippen LogP contribution in [0.1, 0.15) is 0 Å². The zero-order chi connectivity index (χ0) is 8.43. The normalized spacial score (nSPS) is 12.0. The van der Waals surface area contributed by atoms with Gasteiger partial charge in [0.05, 0.1) is 0 Å². The maximum absolute atomic E-state index is 9.11. The molecular weight excluding hydrogens is 148 g/mol. The lowest BCUT2D eigenvalue weighted by Gasteiger charge is -1.92. The van der Waals surface area contributed by atoms with Gasteiger partial charge in [0, 0.05) is 14.1 Å². The van der Waals surface area contributed by atoms with Crippen molar-refractivity contribution in [3.63, 3.8) is 0 Å². The maximum Gasteiger partial charge on any atom is 0.334 e. The Balaban J connectivity index is 3.35. The number of nitrogen functional groups attached to an aromatic ring is 1. The molecule has 1 rings (SSSR count). The summed E-state index contributed by atoms with van der Waals surface area (Å²) in [5.74, 6) is 0.404. The molecule has 0 unspecified atom stereocenters. The average Bonchev–Trinajstić information content (AvgIpc) is 2.30. The van der Waals surface area contributed by atoms with E-state index in [1.54, 1.807) is 7.05 Å². The second-order valence-electron chi connectivity index (χ2n) is 1.88. The molecule has 4 N–H and O–H groups in total. The maximum atomic E-state index is 9.11. The molecule has 0 aliphatic rings. The molecule has 0 saturated carbocycles. The number of nitrogens with zero attached hydrogens (tertiary/aromatic N) is 2. The van der Waals surface area contributed by atoms with E-state index in [0.29, 0.717) is 10.6 Å². The molecule has 0 spiro atoms. The average molecular weight is 158 g/mol. The molecule has 0 bridgehead atoms. The van der Waals surface area contributed by atoms with Crippen molar-refractivity contribution in [3.8, 4) is 0 Å². The van der Waals surface area contributed by atoms with Gasteiger partial charge in [0.2, 0.25) is 11.7 Å². The van der Waals surface area contributed by atoms with Gasteiger partial charge in [0.15, 0.2) is 0 Å². The quantitative estimate of drug-likeness (QED) is 0.479. The van der Waals surface area contributed by atoms with Gasteiger partial charge in [-0.05, 0) is 0 Å². The van der Waals surface area contributed by atoms with E-state index in [1.165, 1.54) is 7.05 Å². The highest BCUT2D eigenvalue weighted by Gasteiger charge is 2.08. The van der Waals surface area contributed by atoms with E-state index < -0.39 is 0 Å². The number of aromatic nitrogens is 1. The molecule has 0 aliphatic carbocycles. The predicted octanol–water partition coefficient (Wildman–Crippen LogP) is -0.527. The minimum absolute atomic E-state index is 0.0619. The van der Waals surface area contributed by atoms with Crippen LogP contribution in [0.3, 0.4) is 0 Å². The fourth-order valence-corrected chi connectivity index (χ4v) is 0.705. The molecule has 6 heteroatoms. The first kappa shape index (κ1) is 7.52. The fraction of sp³-hybridized carbons (Fsp3) is 0.400. The highest BCUT2D eigenvalue weighted by atomic mass is 16.5. The van der Waals surface area contributed by atoms with Crippen molar-refractivity contribution >= 4 is 11.7 Å². The lowest BCUT2D eigenvalue weighted by molar-refractivity contribution is 0.162. The van der Waals surface area contributed by atoms with Gasteiger partial charge >= 0.3 is 5.68 Å². The van der Waals surface area contributed by atoms with Crippen molar-refractivity contribution in [2.24, 2.45) is 4.99 Å². The van der Waals surface area contributed by atoms with Crippen LogP contribution in [0.2, 0.25) is 0 Å². The molecule has 0 fully saturated rings. The van der Waals surface area contributed by atoms with Crippen LogP contribution >= 0.6 is 0 Å². The van der Waals surface area contributed by atoms with Crippen LogP contribution in [-0.4, -0.2) is 24.0 Å². The lowest BCUT2D eigenvalue weighted by atomic mass is 10.7. The molecule has 1 aromatic heterocycles. The Kier molecular flexibility index (Phi) is 1.75. The molecule has 0 aliphatic heterocycles. The van der Waals surface area contributed by atoms with Crippen molar-refractivity contribution in [2.45, 2.75) is 0 Å². The summed E-state index contributed by atoms with van der Waals surface area (Å²) in [6, 6.07) is 0. The van der Waals surface area contributed by atoms with Gasteiger partial charge in [-0.3, -0.25) is 0 Å². The van der Waals surface area contributed by atoms with Gasteiger partial charge in [0.1, 0.15) is 0 Å². The number of hydrogen-bond acceptors (Lipinski definition) is 5. The molecule has 11 heavy (non-hydrogen) atoms. The number of anilines is 2. The van der Waals surface area contributed by atoms with E-state index in [2.05, 4.69) is 10.3 Å². The summed E-state index contributed by atoms with van der Waals surface area (Å²) in [5, 5.41) is 11.8. The van der Waals surface area contributed by atoms with Gasteiger partial charge in [0.25, 0.3) is 0 Å². The van der Waals surface area contributed by atoms with E-state index in [9.17, 15) is 0 Å². The first-order valence-corrected chi connectivity index (χ1v) is 3.01. The Bertz CT molecular complexity index is 311. The molecule has 0 atom stereocenters. The summed E-state index contributed by atoms with van der Waals surface area (Å²) >= 11 is 0. The van der Waals surface area contributed by atoms with Crippen LogP contribution < -0.4 is 16.7 Å². The summed E-state index contributed by atoms with van der Waals surface area (Å²) < 4.78 is 5.63. The largest absolute Gasteiger partial charge is 0.422 e. The lowest BCUT2D eigenvalue weighted by Crippen LogP contribution is -2.14. The predicted molar refractivity (Wildman–Crippen MR) is 39.3 cm³/mol. The number of nitrogens with one attached hydrogen (secondary N) is 1. The van der Waals surface area contributed by atoms with Gasteiger partial charge in [-0.25, -0.2) is 4.99 Å². The standard InChI is InChI=1S/C5H10N4O2/c1-7-4-3(6)9(10)5(8-2)11-4/h7,10H,6H2,1-2H3. The van der Waals surface area contributed by atoms with Crippen molar-refractivity contribution in [3.05, 3.63) is 5.68 Å². The Morgan fingerprint density at radius 3 is 2.64 bits per heavy atom. The third-order valence-corrected chi connectivity index (χ3v) is 1.25. The minimum atomic E-state index is 0.0619. The third kappa shape index (κ3) is 1.02. The summed E-state index contributed by atoms with van der Waals surface area (Å²) in [5.41, 5.74) is 5.45. The number of hydrogen-bond donors (Lipinski definition) is 3. The van der Waals surface area contributed by atoms with Gasteiger partial charge in [-0.2, -0.15) is 0 Å². The molecule has 6 nitrogen and oxygen atoms in total. The Hall–Kier alpha value is -1.59. The first-order valence-electron chi connectivity index (χ1n) is 3.01. The van der Waals surface area contributed by atoms with Gasteiger partial charge in [-0.1, -0.05) is 0 Å².